The molecule has 4 rings (SSSR count). The molecule has 2 aliphatic rings. The predicted octanol–water partition coefficient (Wildman–Crippen LogP) is 5.98. The van der Waals surface area contributed by atoms with E-state index < -0.39 is 12.5 Å². The van der Waals surface area contributed by atoms with E-state index in [1.165, 1.54) is 18.6 Å². The summed E-state index contributed by atoms with van der Waals surface area (Å²) in [4.78, 5) is 13.2. The van der Waals surface area contributed by atoms with Gasteiger partial charge in [-0.15, -0.1) is 13.2 Å². The Morgan fingerprint density at radius 1 is 1.09 bits per heavy atom. The maximum absolute atomic E-state index is 13.2. The number of carbonyl (C=O) groups is 1. The quantitative estimate of drug-likeness (QED) is 0.537. The van der Waals surface area contributed by atoms with E-state index in [9.17, 15) is 23.1 Å². The Morgan fingerprint density at radius 2 is 1.76 bits per heavy atom. The van der Waals surface area contributed by atoms with E-state index in [2.05, 4.69) is 10.1 Å². The smallest absolute Gasteiger partial charge is 0.405 e. The van der Waals surface area contributed by atoms with Crippen LogP contribution in [0.25, 0.3) is 11.3 Å². The molecule has 8 heteroatoms. The molecule has 1 aromatic carbocycles. The molecule has 2 aromatic rings. The number of aliphatic hydroxyl groups is 1. The van der Waals surface area contributed by atoms with Crippen LogP contribution in [0.1, 0.15) is 73.8 Å². The number of para-hydroxylation sites is 1. The number of benzene rings is 1. The van der Waals surface area contributed by atoms with Crippen molar-refractivity contribution in [3.05, 3.63) is 41.6 Å². The maximum atomic E-state index is 13.2. The zero-order chi connectivity index (χ0) is 24.3. The summed E-state index contributed by atoms with van der Waals surface area (Å²) in [6.45, 7) is 2.25. The molecule has 2 aliphatic carbocycles. The minimum absolute atomic E-state index is 0.0245. The lowest BCUT2D eigenvalue weighted by atomic mass is 9.86. The molecule has 5 nitrogen and oxygen atoms in total. The lowest BCUT2D eigenvalue weighted by molar-refractivity contribution is -0.274. The van der Waals surface area contributed by atoms with Crippen molar-refractivity contribution in [1.82, 2.24) is 9.88 Å². The molecule has 0 bridgehead atoms. The van der Waals surface area contributed by atoms with E-state index in [1.54, 1.807) is 18.2 Å². The van der Waals surface area contributed by atoms with Crippen molar-refractivity contribution in [2.75, 3.05) is 0 Å². The van der Waals surface area contributed by atoms with E-state index >= 15 is 0 Å². The van der Waals surface area contributed by atoms with Gasteiger partial charge in [-0.25, -0.2) is 0 Å². The summed E-state index contributed by atoms with van der Waals surface area (Å²) in [6.07, 6.45) is 3.43. The zero-order valence-corrected chi connectivity index (χ0v) is 19.5. The minimum atomic E-state index is -4.83. The van der Waals surface area contributed by atoms with E-state index in [0.29, 0.717) is 29.9 Å². The SMILES string of the molecule is Cc1c(C(=O)NC2CCCCC2)cc(-c2ccccc2OC(F)(F)F)n1CC1CCCCC1O. The summed E-state index contributed by atoms with van der Waals surface area (Å²) in [5, 5.41) is 13.7. The Hall–Kier alpha value is -2.48. The van der Waals surface area contributed by atoms with Gasteiger partial charge in [0, 0.05) is 29.8 Å². The van der Waals surface area contributed by atoms with Crippen LogP contribution in [0, 0.1) is 12.8 Å². The minimum Gasteiger partial charge on any atom is -0.405 e. The van der Waals surface area contributed by atoms with Gasteiger partial charge in [0.05, 0.1) is 17.4 Å². The van der Waals surface area contributed by atoms with E-state index in [-0.39, 0.29) is 29.2 Å². The Labute approximate surface area is 198 Å². The molecule has 1 amide bonds. The first-order valence-corrected chi connectivity index (χ1v) is 12.3. The van der Waals surface area contributed by atoms with Crippen LogP contribution in [-0.2, 0) is 6.54 Å². The fraction of sp³-hybridized carbons (Fsp3) is 0.577. The molecule has 0 saturated heterocycles. The van der Waals surface area contributed by atoms with Crippen molar-refractivity contribution >= 4 is 5.91 Å². The lowest BCUT2D eigenvalue weighted by Crippen LogP contribution is -2.36. The first-order chi connectivity index (χ1) is 16.2. The summed E-state index contributed by atoms with van der Waals surface area (Å²) >= 11 is 0. The fourth-order valence-electron chi connectivity index (χ4n) is 5.37. The summed E-state index contributed by atoms with van der Waals surface area (Å²) in [6, 6.07) is 7.79. The molecular weight excluding hydrogens is 445 g/mol. The van der Waals surface area contributed by atoms with Crippen LogP contribution < -0.4 is 10.1 Å². The maximum Gasteiger partial charge on any atom is 0.573 e. The molecule has 1 aromatic heterocycles. The number of carbonyl (C=O) groups excluding carboxylic acids is 1. The molecule has 2 N–H and O–H groups in total. The van der Waals surface area contributed by atoms with Crippen molar-refractivity contribution in [3.63, 3.8) is 0 Å². The van der Waals surface area contributed by atoms with Crippen molar-refractivity contribution in [2.24, 2.45) is 5.92 Å². The molecule has 186 valence electrons. The zero-order valence-electron chi connectivity index (χ0n) is 19.5. The van der Waals surface area contributed by atoms with Gasteiger partial charge in [0.25, 0.3) is 5.91 Å². The van der Waals surface area contributed by atoms with Crippen LogP contribution in [0.15, 0.2) is 30.3 Å². The van der Waals surface area contributed by atoms with Crippen LogP contribution >= 0.6 is 0 Å². The second kappa shape index (κ2) is 10.4. The number of halogens is 3. The van der Waals surface area contributed by atoms with Gasteiger partial charge in [-0.2, -0.15) is 0 Å². The third-order valence-electron chi connectivity index (χ3n) is 7.23. The largest absolute Gasteiger partial charge is 0.573 e. The third-order valence-corrected chi connectivity index (χ3v) is 7.23. The topological polar surface area (TPSA) is 63.5 Å². The van der Waals surface area contributed by atoms with Gasteiger partial charge in [0.1, 0.15) is 5.75 Å². The second-order valence-corrected chi connectivity index (χ2v) is 9.60. The number of nitrogens with zero attached hydrogens (tertiary/aromatic N) is 1. The number of hydrogen-bond donors (Lipinski definition) is 2. The standard InChI is InChI=1S/C26H33F3N2O3/c1-17-21(25(33)30-19-10-3-2-4-11-19)15-22(31(17)16-18-9-5-7-13-23(18)32)20-12-6-8-14-24(20)34-26(27,28)29/h6,8,12,14-15,18-19,23,32H,2-5,7,9-11,13,16H2,1H3,(H,30,33). The molecule has 34 heavy (non-hydrogen) atoms. The average Bonchev–Trinajstić information content (AvgIpc) is 3.11. The number of nitrogens with one attached hydrogen (secondary N) is 1. The van der Waals surface area contributed by atoms with Gasteiger partial charge >= 0.3 is 6.36 Å². The van der Waals surface area contributed by atoms with Gasteiger partial charge < -0.3 is 19.7 Å². The van der Waals surface area contributed by atoms with Crippen molar-refractivity contribution in [2.45, 2.75) is 89.8 Å². The number of hydrogen-bond acceptors (Lipinski definition) is 3. The van der Waals surface area contributed by atoms with E-state index in [0.717, 1.165) is 44.9 Å². The van der Waals surface area contributed by atoms with Gasteiger partial charge in [0.2, 0.25) is 0 Å². The van der Waals surface area contributed by atoms with Gasteiger partial charge in [-0.3, -0.25) is 4.79 Å². The molecule has 0 aliphatic heterocycles. The molecule has 0 radical (unpaired) electrons. The average molecular weight is 479 g/mol. The molecular formula is C26H33F3N2O3. The highest BCUT2D eigenvalue weighted by Crippen LogP contribution is 2.37. The van der Waals surface area contributed by atoms with E-state index in [1.807, 2.05) is 11.5 Å². The number of alkyl halides is 3. The normalized spacial score (nSPS) is 21.9. The van der Waals surface area contributed by atoms with Crippen molar-refractivity contribution in [1.29, 1.82) is 0 Å². The van der Waals surface area contributed by atoms with Gasteiger partial charge in [-0.1, -0.05) is 44.2 Å². The van der Waals surface area contributed by atoms with Crippen LogP contribution in [0.5, 0.6) is 5.75 Å². The van der Waals surface area contributed by atoms with Crippen molar-refractivity contribution in [3.8, 4) is 17.0 Å². The van der Waals surface area contributed by atoms with Gasteiger partial charge in [-0.05, 0) is 50.8 Å². The van der Waals surface area contributed by atoms with Crippen molar-refractivity contribution < 1.29 is 27.8 Å². The first kappa shape index (κ1) is 24.6. The van der Waals surface area contributed by atoms with Crippen LogP contribution in [0.4, 0.5) is 13.2 Å². The van der Waals surface area contributed by atoms with Crippen LogP contribution in [-0.4, -0.2) is 34.1 Å². The molecule has 2 unspecified atom stereocenters. The highest BCUT2D eigenvalue weighted by molar-refractivity contribution is 5.97. The number of aromatic nitrogens is 1. The highest BCUT2D eigenvalue weighted by Gasteiger charge is 2.33. The number of amides is 1. The summed E-state index contributed by atoms with van der Waals surface area (Å²) < 4.78 is 45.5. The first-order valence-electron chi connectivity index (χ1n) is 12.3. The number of rotatable bonds is 6. The number of aliphatic hydroxyl groups excluding tert-OH is 1. The summed E-state index contributed by atoms with van der Waals surface area (Å²) in [7, 11) is 0. The molecule has 0 spiro atoms. The monoisotopic (exact) mass is 478 g/mol. The Bertz CT molecular complexity index is 996. The Balaban J connectivity index is 1.72. The van der Waals surface area contributed by atoms with E-state index in [4.69, 9.17) is 0 Å². The summed E-state index contributed by atoms with van der Waals surface area (Å²) in [5.41, 5.74) is 1.89. The van der Waals surface area contributed by atoms with Crippen LogP contribution in [0.2, 0.25) is 0 Å². The molecule has 2 saturated carbocycles. The summed E-state index contributed by atoms with van der Waals surface area (Å²) in [5.74, 6) is -0.538. The highest BCUT2D eigenvalue weighted by atomic mass is 19.4. The fourth-order valence-corrected chi connectivity index (χ4v) is 5.37. The van der Waals surface area contributed by atoms with Gasteiger partial charge in [0.15, 0.2) is 0 Å². The number of ether oxygens (including phenoxy) is 1. The molecule has 1 heterocycles. The lowest BCUT2D eigenvalue weighted by Gasteiger charge is -2.29. The Kier molecular flexibility index (Phi) is 7.55. The second-order valence-electron chi connectivity index (χ2n) is 9.60. The predicted molar refractivity (Wildman–Crippen MR) is 124 cm³/mol. The third kappa shape index (κ3) is 5.77. The molecule has 2 atom stereocenters. The molecule has 2 fully saturated rings. The van der Waals surface area contributed by atoms with Crippen LogP contribution in [0.3, 0.4) is 0 Å². The Morgan fingerprint density at radius 3 is 2.47 bits per heavy atom.